The monoisotopic (exact) mass is 238 g/mol. The molecule has 0 saturated carbocycles. The van der Waals surface area contributed by atoms with Crippen LogP contribution in [0.2, 0.25) is 0 Å². The Morgan fingerprint density at radius 2 is 1.94 bits per heavy atom. The van der Waals surface area contributed by atoms with E-state index in [1.165, 1.54) is 0 Å². The van der Waals surface area contributed by atoms with Crippen molar-refractivity contribution < 1.29 is 14.3 Å². The van der Waals surface area contributed by atoms with Crippen LogP contribution in [0.4, 0.5) is 4.79 Å². The molecule has 5 nitrogen and oxygen atoms in total. The quantitative estimate of drug-likeness (QED) is 0.666. The highest BCUT2D eigenvalue weighted by Gasteiger charge is 1.94. The van der Waals surface area contributed by atoms with Crippen molar-refractivity contribution in [3.8, 4) is 5.75 Å². The second-order valence-electron chi connectivity index (χ2n) is 3.43. The molecule has 0 saturated heterocycles. The van der Waals surface area contributed by atoms with Gasteiger partial charge in [-0.15, -0.1) is 0 Å². The van der Waals surface area contributed by atoms with Gasteiger partial charge in [-0.25, -0.2) is 4.79 Å². The largest absolute Gasteiger partial charge is 0.494 e. The van der Waals surface area contributed by atoms with Gasteiger partial charge in [0.15, 0.2) is 0 Å². The lowest BCUT2D eigenvalue weighted by Gasteiger charge is -2.07. The van der Waals surface area contributed by atoms with E-state index in [4.69, 9.17) is 10.5 Å². The Kier molecular flexibility index (Phi) is 6.59. The van der Waals surface area contributed by atoms with Gasteiger partial charge in [0.25, 0.3) is 0 Å². The van der Waals surface area contributed by atoms with Crippen LogP contribution in [0.3, 0.4) is 0 Å². The van der Waals surface area contributed by atoms with E-state index < -0.39 is 6.09 Å². The van der Waals surface area contributed by atoms with Crippen LogP contribution < -0.4 is 15.8 Å². The number of primary amides is 1. The molecule has 0 bridgehead atoms. The summed E-state index contributed by atoms with van der Waals surface area (Å²) in [6.45, 7) is 2.38. The van der Waals surface area contributed by atoms with Crippen LogP contribution in [-0.4, -0.2) is 32.4 Å². The van der Waals surface area contributed by atoms with E-state index in [9.17, 15) is 4.79 Å². The molecule has 1 aromatic carbocycles. The first-order valence-corrected chi connectivity index (χ1v) is 5.60. The zero-order valence-electron chi connectivity index (χ0n) is 9.72. The Balaban J connectivity index is 1.90. The van der Waals surface area contributed by atoms with E-state index in [1.54, 1.807) is 0 Å². The van der Waals surface area contributed by atoms with Gasteiger partial charge in [0, 0.05) is 6.54 Å². The van der Waals surface area contributed by atoms with Gasteiger partial charge in [-0.1, -0.05) is 18.2 Å². The average molecular weight is 238 g/mol. The highest BCUT2D eigenvalue weighted by molar-refractivity contribution is 5.64. The molecule has 0 aliphatic rings. The van der Waals surface area contributed by atoms with Gasteiger partial charge in [0.1, 0.15) is 12.4 Å². The van der Waals surface area contributed by atoms with Crippen molar-refractivity contribution in [2.45, 2.75) is 6.42 Å². The molecule has 1 amide bonds. The van der Waals surface area contributed by atoms with Crippen molar-refractivity contribution in [2.75, 3.05) is 26.3 Å². The highest BCUT2D eigenvalue weighted by Crippen LogP contribution is 2.07. The third-order valence-electron chi connectivity index (χ3n) is 2.03. The number of hydrogen-bond donors (Lipinski definition) is 2. The van der Waals surface area contributed by atoms with Crippen molar-refractivity contribution >= 4 is 6.09 Å². The summed E-state index contributed by atoms with van der Waals surface area (Å²) in [5, 5.41) is 3.11. The van der Waals surface area contributed by atoms with Gasteiger partial charge in [0.2, 0.25) is 0 Å². The fourth-order valence-electron chi connectivity index (χ4n) is 1.25. The number of ether oxygens (including phenoxy) is 2. The van der Waals surface area contributed by atoms with Crippen LogP contribution in [0.25, 0.3) is 0 Å². The summed E-state index contributed by atoms with van der Waals surface area (Å²) < 4.78 is 10.1. The lowest BCUT2D eigenvalue weighted by molar-refractivity contribution is 0.157. The molecule has 0 spiro atoms. The molecule has 0 aliphatic carbocycles. The maximum absolute atomic E-state index is 10.2. The summed E-state index contributed by atoms with van der Waals surface area (Å²) in [6, 6.07) is 9.68. The molecule has 0 aromatic heterocycles. The number of nitrogens with one attached hydrogen (secondary N) is 1. The summed E-state index contributed by atoms with van der Waals surface area (Å²) >= 11 is 0. The fourth-order valence-corrected chi connectivity index (χ4v) is 1.25. The Morgan fingerprint density at radius 1 is 1.18 bits per heavy atom. The normalized spacial score (nSPS) is 9.88. The van der Waals surface area contributed by atoms with Crippen molar-refractivity contribution in [1.29, 1.82) is 0 Å². The minimum Gasteiger partial charge on any atom is -0.494 e. The van der Waals surface area contributed by atoms with Crippen LogP contribution in [-0.2, 0) is 4.74 Å². The van der Waals surface area contributed by atoms with Crippen LogP contribution in [0.5, 0.6) is 5.75 Å². The van der Waals surface area contributed by atoms with Crippen molar-refractivity contribution in [3.63, 3.8) is 0 Å². The van der Waals surface area contributed by atoms with Gasteiger partial charge in [-0.2, -0.15) is 0 Å². The second-order valence-corrected chi connectivity index (χ2v) is 3.43. The van der Waals surface area contributed by atoms with Gasteiger partial charge in [0.05, 0.1) is 6.61 Å². The maximum atomic E-state index is 10.2. The van der Waals surface area contributed by atoms with Crippen molar-refractivity contribution in [1.82, 2.24) is 5.32 Å². The highest BCUT2D eigenvalue weighted by atomic mass is 16.5. The number of nitrogens with two attached hydrogens (primary N) is 1. The predicted octanol–water partition coefficient (Wildman–Crippen LogP) is 1.14. The number of carbonyl (C=O) groups excluding carboxylic acids is 1. The van der Waals surface area contributed by atoms with Crippen LogP contribution in [0.1, 0.15) is 6.42 Å². The van der Waals surface area contributed by atoms with Crippen molar-refractivity contribution in [3.05, 3.63) is 30.3 Å². The molecule has 0 heterocycles. The summed E-state index contributed by atoms with van der Waals surface area (Å²) in [5.41, 5.74) is 4.81. The summed E-state index contributed by atoms with van der Waals surface area (Å²) in [4.78, 5) is 10.2. The van der Waals surface area contributed by atoms with Crippen LogP contribution >= 0.6 is 0 Å². The predicted molar refractivity (Wildman–Crippen MR) is 65.0 cm³/mol. The zero-order chi connectivity index (χ0) is 12.3. The molecule has 0 fully saturated rings. The fraction of sp³-hybridized carbons (Fsp3) is 0.417. The molecule has 1 rings (SSSR count). The first-order chi connectivity index (χ1) is 8.29. The molecule has 94 valence electrons. The second kappa shape index (κ2) is 8.41. The van der Waals surface area contributed by atoms with E-state index in [0.717, 1.165) is 18.7 Å². The molecule has 0 unspecified atom stereocenters. The summed E-state index contributed by atoms with van der Waals surface area (Å²) in [7, 11) is 0. The topological polar surface area (TPSA) is 73.6 Å². The lowest BCUT2D eigenvalue weighted by Crippen LogP contribution is -2.25. The molecule has 0 radical (unpaired) electrons. The Bertz CT molecular complexity index is 317. The number of carbonyl (C=O) groups is 1. The third-order valence-corrected chi connectivity index (χ3v) is 2.03. The molecular formula is C12H18N2O3. The first kappa shape index (κ1) is 13.3. The van der Waals surface area contributed by atoms with Gasteiger partial charge in [-0.05, 0) is 25.1 Å². The lowest BCUT2D eigenvalue weighted by atomic mass is 10.3. The van der Waals surface area contributed by atoms with Gasteiger partial charge >= 0.3 is 6.09 Å². The molecule has 0 aliphatic heterocycles. The molecular weight excluding hydrogens is 220 g/mol. The van der Waals surface area contributed by atoms with Crippen LogP contribution in [0, 0.1) is 0 Å². The molecule has 17 heavy (non-hydrogen) atoms. The van der Waals surface area contributed by atoms with Crippen LogP contribution in [0.15, 0.2) is 30.3 Å². The zero-order valence-corrected chi connectivity index (χ0v) is 9.72. The number of benzene rings is 1. The summed E-state index contributed by atoms with van der Waals surface area (Å²) in [6.07, 6.45) is 0.157. The maximum Gasteiger partial charge on any atom is 0.404 e. The van der Waals surface area contributed by atoms with E-state index in [2.05, 4.69) is 10.1 Å². The molecule has 1 aromatic rings. The van der Waals surface area contributed by atoms with E-state index in [1.807, 2.05) is 30.3 Å². The summed E-state index contributed by atoms with van der Waals surface area (Å²) in [5.74, 6) is 0.879. The minimum atomic E-state index is -0.737. The van der Waals surface area contributed by atoms with Gasteiger partial charge in [-0.3, -0.25) is 0 Å². The number of rotatable bonds is 8. The Labute approximate surface area is 101 Å². The van der Waals surface area contributed by atoms with E-state index in [-0.39, 0.29) is 0 Å². The molecule has 0 atom stereocenters. The smallest absolute Gasteiger partial charge is 0.404 e. The Morgan fingerprint density at radius 3 is 2.65 bits per heavy atom. The third kappa shape index (κ3) is 7.19. The first-order valence-electron chi connectivity index (χ1n) is 5.60. The van der Waals surface area contributed by atoms with E-state index in [0.29, 0.717) is 19.8 Å². The Hall–Kier alpha value is -1.75. The number of para-hydroxylation sites is 1. The number of hydrogen-bond acceptors (Lipinski definition) is 4. The standard InChI is InChI=1S/C12H18N2O3/c13-12(15)17-10-8-14-7-4-9-16-11-5-2-1-3-6-11/h1-3,5-6,14H,4,7-10H2,(H2,13,15). The molecule has 3 N–H and O–H groups in total. The van der Waals surface area contributed by atoms with Gasteiger partial charge < -0.3 is 20.5 Å². The van der Waals surface area contributed by atoms with E-state index >= 15 is 0 Å². The average Bonchev–Trinajstić information content (AvgIpc) is 2.33. The SMILES string of the molecule is NC(=O)OCCNCCCOc1ccccc1. The molecule has 5 heteroatoms. The number of amides is 1. The van der Waals surface area contributed by atoms with Crippen molar-refractivity contribution in [2.24, 2.45) is 5.73 Å². The minimum absolute atomic E-state index is 0.300.